The Morgan fingerprint density at radius 1 is 1.17 bits per heavy atom. The number of pyridine rings is 2. The van der Waals surface area contributed by atoms with Gasteiger partial charge in [-0.1, -0.05) is 6.07 Å². The first kappa shape index (κ1) is 25.3. The third-order valence-electron chi connectivity index (χ3n) is 5.50. The van der Waals surface area contributed by atoms with Crippen molar-refractivity contribution in [3.05, 3.63) is 76.1 Å². The molecule has 2 N–H and O–H groups in total. The van der Waals surface area contributed by atoms with Crippen LogP contribution in [0.25, 0.3) is 11.3 Å². The monoisotopic (exact) mass is 477 g/mol. The Balaban J connectivity index is 0.000000287. The molecule has 0 radical (unpaired) electrons. The minimum atomic E-state index is -0.521. The Hall–Kier alpha value is -4.34. The van der Waals surface area contributed by atoms with Crippen LogP contribution >= 0.6 is 0 Å². The number of rotatable bonds is 4. The molecule has 10 heteroatoms. The summed E-state index contributed by atoms with van der Waals surface area (Å²) in [6.07, 6.45) is 4.55. The first-order valence-corrected chi connectivity index (χ1v) is 11.1. The molecule has 3 aromatic rings. The van der Waals surface area contributed by atoms with Crippen LogP contribution in [0.1, 0.15) is 43.1 Å². The summed E-state index contributed by atoms with van der Waals surface area (Å²) in [6.45, 7) is 5.80. The Bertz CT molecular complexity index is 1210. The molecule has 2 aromatic heterocycles. The van der Waals surface area contributed by atoms with Gasteiger partial charge in [0.05, 0.1) is 22.8 Å². The Morgan fingerprint density at radius 2 is 1.94 bits per heavy atom. The quantitative estimate of drug-likeness (QED) is 0.335. The largest absolute Gasteiger partial charge is 0.462 e. The van der Waals surface area contributed by atoms with Gasteiger partial charge >= 0.3 is 5.97 Å². The van der Waals surface area contributed by atoms with Crippen LogP contribution in [0.5, 0.6) is 0 Å². The molecule has 3 heterocycles. The van der Waals surface area contributed by atoms with Crippen LogP contribution in [0.3, 0.4) is 0 Å². The van der Waals surface area contributed by atoms with E-state index in [-0.39, 0.29) is 29.4 Å². The molecule has 0 saturated heterocycles. The van der Waals surface area contributed by atoms with Crippen molar-refractivity contribution in [2.24, 2.45) is 0 Å². The third-order valence-corrected chi connectivity index (χ3v) is 5.50. The molecule has 35 heavy (non-hydrogen) atoms. The maximum absolute atomic E-state index is 12.0. The molecule has 1 aliphatic rings. The number of hydrogen-bond acceptors (Lipinski definition) is 8. The lowest BCUT2D eigenvalue weighted by Gasteiger charge is -2.34. The predicted octanol–water partition coefficient (Wildman–Crippen LogP) is 4.18. The molecule has 1 aromatic carbocycles. The maximum atomic E-state index is 12.0. The Morgan fingerprint density at radius 3 is 2.51 bits per heavy atom. The van der Waals surface area contributed by atoms with Gasteiger partial charge in [-0.25, -0.2) is 9.78 Å². The number of esters is 1. The van der Waals surface area contributed by atoms with Gasteiger partial charge in [0, 0.05) is 36.5 Å². The van der Waals surface area contributed by atoms with E-state index in [0.29, 0.717) is 12.2 Å². The Labute approximate surface area is 202 Å². The molecule has 10 nitrogen and oxygen atoms in total. The standard InChI is InChI=1S/C20H22N2O3.C5H5N3O2/c1-4-25-20(24)17-7-9-18(21-12-17)15-8-10-19-16(11-15)6-5-13(2)22(19)14(3)23;6-5-2-1-4(3-7-5)8(9)10/h7-13H,4-6H2,1-3H3;1-3H,(H2,6,7)/t13-;/m0./s1. The smallest absolute Gasteiger partial charge is 0.339 e. The predicted molar refractivity (Wildman–Crippen MR) is 132 cm³/mol. The van der Waals surface area contributed by atoms with Crippen LogP contribution in [0, 0.1) is 10.1 Å². The minimum Gasteiger partial charge on any atom is -0.462 e. The number of carbonyl (C=O) groups is 2. The summed E-state index contributed by atoms with van der Waals surface area (Å²) in [5.41, 5.74) is 9.50. The molecule has 0 aliphatic carbocycles. The summed E-state index contributed by atoms with van der Waals surface area (Å²) in [5, 5.41) is 10.0. The molecule has 1 atom stereocenters. The van der Waals surface area contributed by atoms with E-state index in [0.717, 1.165) is 41.5 Å². The van der Waals surface area contributed by atoms with Crippen LogP contribution in [0.2, 0.25) is 0 Å². The van der Waals surface area contributed by atoms with Crippen molar-refractivity contribution < 1.29 is 19.2 Å². The van der Waals surface area contributed by atoms with Gasteiger partial charge in [-0.15, -0.1) is 0 Å². The van der Waals surface area contributed by atoms with Gasteiger partial charge in [-0.05, 0) is 62.6 Å². The summed E-state index contributed by atoms with van der Waals surface area (Å²) in [6, 6.07) is 12.5. The number of benzene rings is 1. The second-order valence-electron chi connectivity index (χ2n) is 7.97. The van der Waals surface area contributed by atoms with E-state index in [1.165, 1.54) is 18.3 Å². The molecular weight excluding hydrogens is 450 g/mol. The number of ether oxygens (including phenoxy) is 1. The fourth-order valence-electron chi connectivity index (χ4n) is 3.80. The second kappa shape index (κ2) is 11.2. The number of aryl methyl sites for hydroxylation is 1. The van der Waals surface area contributed by atoms with Gasteiger partial charge in [0.1, 0.15) is 12.0 Å². The van der Waals surface area contributed by atoms with Crippen molar-refractivity contribution in [3.63, 3.8) is 0 Å². The lowest BCUT2D eigenvalue weighted by Crippen LogP contribution is -2.40. The molecule has 182 valence electrons. The van der Waals surface area contributed by atoms with Gasteiger partial charge in [-0.3, -0.25) is 19.9 Å². The molecule has 1 amide bonds. The fourth-order valence-corrected chi connectivity index (χ4v) is 3.80. The molecule has 0 spiro atoms. The highest BCUT2D eigenvalue weighted by atomic mass is 16.6. The number of nitrogen functional groups attached to an aromatic ring is 1. The molecule has 0 bridgehead atoms. The normalized spacial score (nSPS) is 14.3. The van der Waals surface area contributed by atoms with Gasteiger partial charge in [0.2, 0.25) is 5.91 Å². The fraction of sp³-hybridized carbons (Fsp3) is 0.280. The topological polar surface area (TPSA) is 142 Å². The van der Waals surface area contributed by atoms with Crippen molar-refractivity contribution in [1.82, 2.24) is 9.97 Å². The average Bonchev–Trinajstić information content (AvgIpc) is 2.84. The van der Waals surface area contributed by atoms with Gasteiger partial charge in [0.25, 0.3) is 5.69 Å². The summed E-state index contributed by atoms with van der Waals surface area (Å²) in [5.74, 6) is -0.0122. The van der Waals surface area contributed by atoms with Crippen molar-refractivity contribution in [3.8, 4) is 11.3 Å². The number of nitro groups is 1. The first-order chi connectivity index (χ1) is 16.7. The zero-order valence-corrected chi connectivity index (χ0v) is 19.8. The lowest BCUT2D eigenvalue weighted by atomic mass is 9.94. The van der Waals surface area contributed by atoms with E-state index in [9.17, 15) is 19.7 Å². The minimum absolute atomic E-state index is 0.0470. The van der Waals surface area contributed by atoms with E-state index in [4.69, 9.17) is 10.5 Å². The number of aromatic nitrogens is 2. The van der Waals surface area contributed by atoms with E-state index in [1.807, 2.05) is 23.1 Å². The highest BCUT2D eigenvalue weighted by molar-refractivity contribution is 5.94. The number of anilines is 2. The van der Waals surface area contributed by atoms with Gasteiger partial charge in [0.15, 0.2) is 0 Å². The summed E-state index contributed by atoms with van der Waals surface area (Å²) < 4.78 is 4.98. The van der Waals surface area contributed by atoms with Gasteiger partial charge in [-0.2, -0.15) is 0 Å². The number of fused-ring (bicyclic) bond motifs is 1. The molecule has 0 fully saturated rings. The summed E-state index contributed by atoms with van der Waals surface area (Å²) in [7, 11) is 0. The number of nitrogens with two attached hydrogens (primary N) is 1. The number of nitrogens with zero attached hydrogens (tertiary/aromatic N) is 4. The Kier molecular flexibility index (Phi) is 8.08. The molecule has 1 aliphatic heterocycles. The van der Waals surface area contributed by atoms with Crippen molar-refractivity contribution in [2.45, 2.75) is 39.7 Å². The summed E-state index contributed by atoms with van der Waals surface area (Å²) >= 11 is 0. The van der Waals surface area contributed by atoms with Crippen molar-refractivity contribution >= 4 is 29.1 Å². The molecule has 0 unspecified atom stereocenters. The highest BCUT2D eigenvalue weighted by Crippen LogP contribution is 2.33. The number of hydrogen-bond donors (Lipinski definition) is 1. The summed E-state index contributed by atoms with van der Waals surface area (Å²) in [4.78, 5) is 43.0. The zero-order valence-electron chi connectivity index (χ0n) is 19.8. The third kappa shape index (κ3) is 6.17. The van der Waals surface area contributed by atoms with Crippen LogP contribution in [-0.2, 0) is 16.0 Å². The van der Waals surface area contributed by atoms with Crippen LogP contribution < -0.4 is 10.6 Å². The molecular formula is C25H27N5O5. The van der Waals surface area contributed by atoms with Crippen LogP contribution in [-0.4, -0.2) is 39.4 Å². The van der Waals surface area contributed by atoms with E-state index in [1.54, 1.807) is 19.9 Å². The number of amides is 1. The van der Waals surface area contributed by atoms with E-state index < -0.39 is 4.92 Å². The van der Waals surface area contributed by atoms with E-state index in [2.05, 4.69) is 23.0 Å². The van der Waals surface area contributed by atoms with Crippen LogP contribution in [0.15, 0.2) is 54.9 Å². The second-order valence-corrected chi connectivity index (χ2v) is 7.97. The lowest BCUT2D eigenvalue weighted by molar-refractivity contribution is -0.385. The average molecular weight is 478 g/mol. The van der Waals surface area contributed by atoms with Crippen LogP contribution in [0.4, 0.5) is 17.2 Å². The highest BCUT2D eigenvalue weighted by Gasteiger charge is 2.26. The van der Waals surface area contributed by atoms with E-state index >= 15 is 0 Å². The first-order valence-electron chi connectivity index (χ1n) is 11.1. The molecule has 0 saturated carbocycles. The maximum Gasteiger partial charge on any atom is 0.339 e. The van der Waals surface area contributed by atoms with Crippen molar-refractivity contribution in [1.29, 1.82) is 0 Å². The zero-order chi connectivity index (χ0) is 25.5. The number of carbonyl (C=O) groups excluding carboxylic acids is 2. The van der Waals surface area contributed by atoms with Crippen molar-refractivity contribution in [2.75, 3.05) is 17.2 Å². The van der Waals surface area contributed by atoms with Gasteiger partial charge < -0.3 is 15.4 Å². The SMILES string of the molecule is CCOC(=O)c1ccc(-c2ccc3c(c2)CC[C@H](C)N3C(C)=O)nc1.Nc1ccc([N+](=O)[O-])cn1. The molecule has 4 rings (SSSR count).